The van der Waals surface area contributed by atoms with Gasteiger partial charge in [0.1, 0.15) is 5.65 Å². The molecule has 4 rings (SSSR count). The van der Waals surface area contributed by atoms with Gasteiger partial charge in [0.2, 0.25) is 5.91 Å². The lowest BCUT2D eigenvalue weighted by Crippen LogP contribution is -2.50. The van der Waals surface area contributed by atoms with E-state index < -0.39 is 0 Å². The summed E-state index contributed by atoms with van der Waals surface area (Å²) in [5.74, 6) is -0.242. The van der Waals surface area contributed by atoms with E-state index in [0.717, 1.165) is 5.39 Å². The minimum Gasteiger partial charge on any atom is -0.346 e. The molecule has 3 aromatic heterocycles. The molecule has 1 N–H and O–H groups in total. The third-order valence-electron chi connectivity index (χ3n) is 4.38. The lowest BCUT2D eigenvalue weighted by atomic mass is 10.2. The van der Waals surface area contributed by atoms with Crippen molar-refractivity contribution in [2.75, 3.05) is 26.2 Å². The molecule has 1 saturated heterocycles. The average Bonchev–Trinajstić information content (AvgIpc) is 3.31. The standard InChI is InChI=1S/C16H15ClN6O3/c1-9(24)22-4-6-23(7-5-22)16(25)14-20-15(26-21-14)11-8-19-13-10(12(11)17)2-3-18-13/h2-3,8H,4-7H2,1H3,(H,18,19). The molecule has 0 aromatic carbocycles. The highest BCUT2D eigenvalue weighted by atomic mass is 35.5. The molecule has 1 aliphatic heterocycles. The van der Waals surface area contributed by atoms with Gasteiger partial charge in [0.05, 0.1) is 10.6 Å². The van der Waals surface area contributed by atoms with E-state index in [4.69, 9.17) is 16.1 Å². The maximum Gasteiger partial charge on any atom is 0.295 e. The minimum atomic E-state index is -0.338. The summed E-state index contributed by atoms with van der Waals surface area (Å²) in [6, 6.07) is 1.80. The third kappa shape index (κ3) is 2.80. The highest BCUT2D eigenvalue weighted by Crippen LogP contribution is 2.31. The molecule has 0 unspecified atom stereocenters. The van der Waals surface area contributed by atoms with Gasteiger partial charge in [-0.1, -0.05) is 16.8 Å². The lowest BCUT2D eigenvalue weighted by molar-refractivity contribution is -0.130. The first kappa shape index (κ1) is 16.5. The molecular weight excluding hydrogens is 360 g/mol. The lowest BCUT2D eigenvalue weighted by Gasteiger charge is -2.33. The molecule has 134 valence electrons. The fraction of sp³-hybridized carbons (Fsp3) is 0.312. The largest absolute Gasteiger partial charge is 0.346 e. The third-order valence-corrected chi connectivity index (χ3v) is 4.79. The van der Waals surface area contributed by atoms with Gasteiger partial charge in [0, 0.05) is 50.9 Å². The Balaban J connectivity index is 1.55. The summed E-state index contributed by atoms with van der Waals surface area (Å²) in [5, 5.41) is 4.94. The van der Waals surface area contributed by atoms with E-state index in [2.05, 4.69) is 20.1 Å². The van der Waals surface area contributed by atoms with Crippen LogP contribution in [0.4, 0.5) is 0 Å². The van der Waals surface area contributed by atoms with E-state index in [9.17, 15) is 9.59 Å². The zero-order chi connectivity index (χ0) is 18.3. The number of aromatic amines is 1. The van der Waals surface area contributed by atoms with Crippen molar-refractivity contribution in [1.29, 1.82) is 0 Å². The number of carbonyl (C=O) groups excluding carboxylic acids is 2. The molecule has 0 aliphatic carbocycles. The van der Waals surface area contributed by atoms with E-state index in [1.165, 1.54) is 13.1 Å². The molecule has 0 atom stereocenters. The first-order chi connectivity index (χ1) is 12.5. The smallest absolute Gasteiger partial charge is 0.295 e. The number of hydrogen-bond acceptors (Lipinski definition) is 6. The number of hydrogen-bond donors (Lipinski definition) is 1. The Morgan fingerprint density at radius 2 is 1.96 bits per heavy atom. The SMILES string of the molecule is CC(=O)N1CCN(C(=O)c2noc(-c3cnc4[nH]ccc4c3Cl)n2)CC1. The molecule has 10 heteroatoms. The predicted octanol–water partition coefficient (Wildman–Crippen LogP) is 1.57. The highest BCUT2D eigenvalue weighted by molar-refractivity contribution is 6.37. The van der Waals surface area contributed by atoms with Crippen molar-refractivity contribution in [1.82, 2.24) is 29.9 Å². The normalized spacial score (nSPS) is 14.8. The molecule has 0 spiro atoms. The second kappa shape index (κ2) is 6.41. The summed E-state index contributed by atoms with van der Waals surface area (Å²) in [6.45, 7) is 3.36. The summed E-state index contributed by atoms with van der Waals surface area (Å²) in [4.78, 5) is 38.6. The molecule has 0 radical (unpaired) electrons. The first-order valence-electron chi connectivity index (χ1n) is 8.05. The van der Waals surface area contributed by atoms with E-state index in [1.807, 2.05) is 0 Å². The molecule has 0 saturated carbocycles. The second-order valence-corrected chi connectivity index (χ2v) is 6.33. The Labute approximate surface area is 152 Å². The Kier molecular flexibility index (Phi) is 4.08. The first-order valence-corrected chi connectivity index (χ1v) is 8.43. The zero-order valence-electron chi connectivity index (χ0n) is 13.9. The van der Waals surface area contributed by atoms with Crippen molar-refractivity contribution in [2.45, 2.75) is 6.92 Å². The second-order valence-electron chi connectivity index (χ2n) is 5.95. The summed E-state index contributed by atoms with van der Waals surface area (Å²) in [6.07, 6.45) is 3.26. The van der Waals surface area contributed by atoms with Crippen LogP contribution in [0.25, 0.3) is 22.5 Å². The average molecular weight is 375 g/mol. The molecular formula is C16H15ClN6O3. The number of carbonyl (C=O) groups is 2. The van der Waals surface area contributed by atoms with Crippen LogP contribution in [0.2, 0.25) is 5.02 Å². The van der Waals surface area contributed by atoms with Crippen LogP contribution < -0.4 is 0 Å². The highest BCUT2D eigenvalue weighted by Gasteiger charge is 2.27. The maximum atomic E-state index is 12.6. The minimum absolute atomic E-state index is 0.00115. The van der Waals surface area contributed by atoms with Gasteiger partial charge in [0.25, 0.3) is 17.6 Å². The van der Waals surface area contributed by atoms with Crippen LogP contribution in [-0.2, 0) is 4.79 Å². The van der Waals surface area contributed by atoms with Crippen molar-refractivity contribution in [2.24, 2.45) is 0 Å². The van der Waals surface area contributed by atoms with Crippen molar-refractivity contribution in [3.8, 4) is 11.5 Å². The van der Waals surface area contributed by atoms with Crippen LogP contribution in [0, 0.1) is 0 Å². The number of aromatic nitrogens is 4. The van der Waals surface area contributed by atoms with Gasteiger partial charge in [-0.3, -0.25) is 9.59 Å². The van der Waals surface area contributed by atoms with Crippen LogP contribution >= 0.6 is 11.6 Å². The Hall–Kier alpha value is -2.94. The van der Waals surface area contributed by atoms with Gasteiger partial charge in [-0.15, -0.1) is 0 Å². The topological polar surface area (TPSA) is 108 Å². The number of amides is 2. The van der Waals surface area contributed by atoms with Crippen molar-refractivity contribution >= 4 is 34.4 Å². The van der Waals surface area contributed by atoms with Crippen LogP contribution in [0.3, 0.4) is 0 Å². The molecule has 4 heterocycles. The van der Waals surface area contributed by atoms with Gasteiger partial charge in [-0.25, -0.2) is 4.98 Å². The molecule has 1 aliphatic rings. The van der Waals surface area contributed by atoms with E-state index in [-0.39, 0.29) is 23.5 Å². The monoisotopic (exact) mass is 374 g/mol. The van der Waals surface area contributed by atoms with Gasteiger partial charge < -0.3 is 19.3 Å². The summed E-state index contributed by atoms with van der Waals surface area (Å²) in [7, 11) is 0. The molecule has 2 amide bonds. The van der Waals surface area contributed by atoms with E-state index in [1.54, 1.807) is 22.1 Å². The molecule has 26 heavy (non-hydrogen) atoms. The molecule has 1 fully saturated rings. The van der Waals surface area contributed by atoms with Gasteiger partial charge in [-0.2, -0.15) is 4.98 Å². The van der Waals surface area contributed by atoms with Gasteiger partial charge in [-0.05, 0) is 6.07 Å². The van der Waals surface area contributed by atoms with Crippen molar-refractivity contribution in [3.05, 3.63) is 29.3 Å². The number of fused-ring (bicyclic) bond motifs is 1. The Bertz CT molecular complexity index is 989. The fourth-order valence-corrected chi connectivity index (χ4v) is 3.19. The summed E-state index contributed by atoms with van der Waals surface area (Å²) >= 11 is 6.38. The number of H-pyrrole nitrogens is 1. The number of piperazine rings is 1. The maximum absolute atomic E-state index is 12.6. The van der Waals surface area contributed by atoms with E-state index >= 15 is 0 Å². The van der Waals surface area contributed by atoms with Gasteiger partial charge in [0.15, 0.2) is 0 Å². The number of pyridine rings is 1. The molecule has 0 bridgehead atoms. The van der Waals surface area contributed by atoms with Crippen LogP contribution in [0.1, 0.15) is 17.5 Å². The quantitative estimate of drug-likeness (QED) is 0.729. The molecule has 3 aromatic rings. The van der Waals surface area contributed by atoms with Crippen molar-refractivity contribution in [3.63, 3.8) is 0 Å². The zero-order valence-corrected chi connectivity index (χ0v) is 14.7. The number of nitrogens with zero attached hydrogens (tertiary/aromatic N) is 5. The van der Waals surface area contributed by atoms with E-state index in [0.29, 0.717) is 42.4 Å². The fourth-order valence-electron chi connectivity index (χ4n) is 2.91. The van der Waals surface area contributed by atoms with Crippen LogP contribution in [0.15, 0.2) is 23.0 Å². The summed E-state index contributed by atoms with van der Waals surface area (Å²) < 4.78 is 5.22. The van der Waals surface area contributed by atoms with Crippen LogP contribution in [-0.4, -0.2) is 67.9 Å². The van der Waals surface area contributed by atoms with Crippen LogP contribution in [0.5, 0.6) is 0 Å². The Morgan fingerprint density at radius 3 is 2.69 bits per heavy atom. The number of halogens is 1. The molecule has 9 nitrogen and oxygen atoms in total. The number of rotatable bonds is 2. The predicted molar refractivity (Wildman–Crippen MR) is 92.6 cm³/mol. The van der Waals surface area contributed by atoms with Gasteiger partial charge >= 0.3 is 0 Å². The summed E-state index contributed by atoms with van der Waals surface area (Å²) in [5.41, 5.74) is 1.12. The Morgan fingerprint density at radius 1 is 1.23 bits per heavy atom. The van der Waals surface area contributed by atoms with Crippen molar-refractivity contribution < 1.29 is 14.1 Å². The number of nitrogens with one attached hydrogen (secondary N) is 1.